The summed E-state index contributed by atoms with van der Waals surface area (Å²) >= 11 is 0. The first-order valence-corrected chi connectivity index (χ1v) is 21.0. The number of methoxy groups -OCH3 is 1. The van der Waals surface area contributed by atoms with E-state index in [1.165, 1.54) is 110 Å². The van der Waals surface area contributed by atoms with Crippen molar-refractivity contribution in [1.29, 1.82) is 0 Å². The van der Waals surface area contributed by atoms with Crippen molar-refractivity contribution in [2.75, 3.05) is 33.5 Å². The molecule has 8 heteroatoms. The molecule has 5 rings (SSSR count). The molecule has 0 amide bonds. The van der Waals surface area contributed by atoms with Crippen LogP contribution in [0.5, 0.6) is 0 Å². The third-order valence-electron chi connectivity index (χ3n) is 14.5. The lowest BCUT2D eigenvalue weighted by Gasteiger charge is -2.56. The summed E-state index contributed by atoms with van der Waals surface area (Å²) in [5.74, 6) is 3.67. The van der Waals surface area contributed by atoms with E-state index in [1.54, 1.807) is 0 Å². The van der Waals surface area contributed by atoms with Crippen molar-refractivity contribution in [3.05, 3.63) is 0 Å². The second-order valence-corrected chi connectivity index (χ2v) is 17.5. The average Bonchev–Trinajstić information content (AvgIpc) is 3.13. The molecule has 0 heterocycles. The highest BCUT2D eigenvalue weighted by Crippen LogP contribution is 2.57. The van der Waals surface area contributed by atoms with E-state index in [-0.39, 0.29) is 38.5 Å². The van der Waals surface area contributed by atoms with Gasteiger partial charge >= 0.3 is 12.1 Å². The Hall–Kier alpha value is -1.38. The first kappa shape index (κ1) is 39.8. The van der Waals surface area contributed by atoms with E-state index in [9.17, 15) is 9.59 Å². The van der Waals surface area contributed by atoms with Crippen molar-refractivity contribution in [2.24, 2.45) is 35.0 Å². The number of ether oxygens (including phenoxy) is 5. The summed E-state index contributed by atoms with van der Waals surface area (Å²) in [4.78, 5) is 26.5. The Balaban J connectivity index is 1.17. The van der Waals surface area contributed by atoms with E-state index >= 15 is 0 Å². The number of carbonyl (C=O) groups is 2. The Bertz CT molecular complexity index is 978. The summed E-state index contributed by atoms with van der Waals surface area (Å²) in [6, 6.07) is 2.39. The van der Waals surface area contributed by atoms with Gasteiger partial charge in [0.1, 0.15) is 19.3 Å². The summed E-state index contributed by atoms with van der Waals surface area (Å²) in [5.41, 5.74) is 0.323. The molecule has 5 aliphatic carbocycles. The van der Waals surface area contributed by atoms with Crippen LogP contribution in [0.1, 0.15) is 156 Å². The summed E-state index contributed by atoms with van der Waals surface area (Å²) in [5, 5.41) is 0. The van der Waals surface area contributed by atoms with Crippen molar-refractivity contribution in [3.63, 3.8) is 0 Å². The first-order valence-electron chi connectivity index (χ1n) is 21.0. The highest BCUT2D eigenvalue weighted by molar-refractivity contribution is 5.65. The predicted molar refractivity (Wildman–Crippen MR) is 197 cm³/mol. The smallest absolute Gasteiger partial charge is 0.463 e. The van der Waals surface area contributed by atoms with Crippen molar-refractivity contribution in [1.82, 2.24) is 4.90 Å². The fourth-order valence-corrected chi connectivity index (χ4v) is 11.4. The van der Waals surface area contributed by atoms with Crippen LogP contribution >= 0.6 is 0 Å². The molecule has 1 atom stereocenters. The van der Waals surface area contributed by atoms with Gasteiger partial charge in [-0.05, 0) is 163 Å². The third kappa shape index (κ3) is 10.8. The molecule has 0 saturated heterocycles. The minimum Gasteiger partial charge on any atom is -0.463 e. The maximum Gasteiger partial charge on any atom is 0.508 e. The quantitative estimate of drug-likeness (QED) is 0.131. The second-order valence-electron chi connectivity index (χ2n) is 17.5. The predicted octanol–water partition coefficient (Wildman–Crippen LogP) is 9.51. The summed E-state index contributed by atoms with van der Waals surface area (Å²) in [6.07, 6.45) is 25.6. The van der Waals surface area contributed by atoms with Crippen molar-refractivity contribution in [3.8, 4) is 0 Å². The maximum atomic E-state index is 12.5. The van der Waals surface area contributed by atoms with Crippen LogP contribution in [0, 0.1) is 35.0 Å². The van der Waals surface area contributed by atoms with E-state index in [0.29, 0.717) is 17.4 Å². The average molecular weight is 704 g/mol. The molecule has 5 fully saturated rings. The lowest BCUT2D eigenvalue weighted by Crippen LogP contribution is -2.54. The Kier molecular flexibility index (Phi) is 15.6. The van der Waals surface area contributed by atoms with Gasteiger partial charge in [-0.3, -0.25) is 9.69 Å². The molecule has 0 bridgehead atoms. The Morgan fingerprint density at radius 1 is 0.560 bits per heavy atom. The summed E-state index contributed by atoms with van der Waals surface area (Å²) < 4.78 is 27.1. The number of nitrogens with zero attached hydrogens (tertiary/aromatic N) is 1. The first-order chi connectivity index (χ1) is 24.2. The fraction of sp³-hybridized carbons (Fsp3) is 0.952. The standard InChI is InChI=1S/C42H73NO7/c1-30-6-16-36(17-7-30)43(37-18-8-31(2)9-19-37)38-20-10-33(11-21-38)42(4,34-12-22-39(46-5)23-13-34)35-14-24-40(25-15-35)50-41(45)49-29-27-47-26-28-48-32(3)44/h30-31,33-40H,6-29H2,1-5H3. The third-order valence-corrected chi connectivity index (χ3v) is 14.5. The van der Waals surface area contributed by atoms with Gasteiger partial charge in [0.05, 0.1) is 19.3 Å². The van der Waals surface area contributed by atoms with Gasteiger partial charge in [0, 0.05) is 32.2 Å². The van der Waals surface area contributed by atoms with Gasteiger partial charge in [0.25, 0.3) is 0 Å². The van der Waals surface area contributed by atoms with Gasteiger partial charge in [-0.1, -0.05) is 20.8 Å². The molecule has 0 aliphatic heterocycles. The zero-order valence-corrected chi connectivity index (χ0v) is 32.5. The molecule has 50 heavy (non-hydrogen) atoms. The van der Waals surface area contributed by atoms with Crippen LogP contribution in [0.2, 0.25) is 0 Å². The molecule has 0 spiro atoms. The zero-order valence-electron chi connectivity index (χ0n) is 32.5. The molecule has 5 saturated carbocycles. The van der Waals surface area contributed by atoms with Crippen LogP contribution in [0.4, 0.5) is 4.79 Å². The lowest BCUT2D eigenvalue weighted by molar-refractivity contribution is -0.142. The van der Waals surface area contributed by atoms with Crippen LogP contribution in [0.15, 0.2) is 0 Å². The molecule has 5 aliphatic rings. The SMILES string of the molecule is COC1CCC(C(C)(C2CCC(OC(=O)OCCOCCOC(C)=O)CC2)C2CCC(N(C3CCC(C)CC3)C3CCC(C)CC3)CC2)CC1. The van der Waals surface area contributed by atoms with Gasteiger partial charge in [0.2, 0.25) is 0 Å². The van der Waals surface area contributed by atoms with Gasteiger partial charge in [0.15, 0.2) is 0 Å². The van der Waals surface area contributed by atoms with E-state index in [1.807, 2.05) is 7.11 Å². The number of rotatable bonds is 14. The van der Waals surface area contributed by atoms with E-state index in [2.05, 4.69) is 25.7 Å². The number of esters is 1. The lowest BCUT2D eigenvalue weighted by atomic mass is 9.52. The fourth-order valence-electron chi connectivity index (χ4n) is 11.4. The molecular weight excluding hydrogens is 630 g/mol. The molecule has 0 aromatic rings. The molecular formula is C42H73NO7. The molecule has 8 nitrogen and oxygen atoms in total. The van der Waals surface area contributed by atoms with Crippen LogP contribution < -0.4 is 0 Å². The number of hydrogen-bond donors (Lipinski definition) is 0. The Morgan fingerprint density at radius 3 is 1.40 bits per heavy atom. The molecule has 0 aromatic heterocycles. The topological polar surface area (TPSA) is 83.5 Å². The largest absolute Gasteiger partial charge is 0.508 e. The molecule has 0 aromatic carbocycles. The van der Waals surface area contributed by atoms with Crippen molar-refractivity contribution in [2.45, 2.75) is 186 Å². The molecule has 0 radical (unpaired) electrons. The van der Waals surface area contributed by atoms with E-state index in [4.69, 9.17) is 23.7 Å². The summed E-state index contributed by atoms with van der Waals surface area (Å²) in [6.45, 7) is 9.88. The Morgan fingerprint density at radius 2 is 0.960 bits per heavy atom. The Labute approximate surface area is 304 Å². The van der Waals surface area contributed by atoms with E-state index < -0.39 is 6.16 Å². The van der Waals surface area contributed by atoms with Crippen LogP contribution in [-0.2, 0) is 28.5 Å². The maximum absolute atomic E-state index is 12.5. The minimum absolute atomic E-state index is 0.0715. The van der Waals surface area contributed by atoms with Gasteiger partial charge in [-0.2, -0.15) is 0 Å². The van der Waals surface area contributed by atoms with Crippen LogP contribution in [-0.4, -0.2) is 80.9 Å². The van der Waals surface area contributed by atoms with E-state index in [0.717, 1.165) is 67.5 Å². The highest BCUT2D eigenvalue weighted by atomic mass is 16.7. The van der Waals surface area contributed by atoms with Gasteiger partial charge in [-0.15, -0.1) is 0 Å². The second kappa shape index (κ2) is 19.6. The summed E-state index contributed by atoms with van der Waals surface area (Å²) in [7, 11) is 1.89. The molecule has 0 N–H and O–H groups in total. The van der Waals surface area contributed by atoms with Crippen molar-refractivity contribution < 1.29 is 33.3 Å². The highest BCUT2D eigenvalue weighted by Gasteiger charge is 2.50. The number of hydrogen-bond acceptors (Lipinski definition) is 8. The minimum atomic E-state index is -0.597. The number of carbonyl (C=O) groups excluding carboxylic acids is 2. The zero-order chi connectivity index (χ0) is 35.5. The molecule has 288 valence electrons. The molecule has 1 unspecified atom stereocenters. The van der Waals surface area contributed by atoms with Gasteiger partial charge in [-0.25, -0.2) is 4.79 Å². The van der Waals surface area contributed by atoms with Crippen LogP contribution in [0.25, 0.3) is 0 Å². The van der Waals surface area contributed by atoms with Gasteiger partial charge < -0.3 is 23.7 Å². The van der Waals surface area contributed by atoms with Crippen molar-refractivity contribution >= 4 is 12.1 Å². The monoisotopic (exact) mass is 704 g/mol. The normalized spacial score (nSPS) is 36.7. The van der Waals surface area contributed by atoms with Crippen LogP contribution in [0.3, 0.4) is 0 Å².